The lowest BCUT2D eigenvalue weighted by Crippen LogP contribution is -2.33. The minimum absolute atomic E-state index is 0.0458. The number of H-pyrrole nitrogens is 3. The predicted molar refractivity (Wildman–Crippen MR) is 85.3 cm³/mol. The average molecular weight is 321 g/mol. The molecule has 1 aliphatic rings. The number of aromatic nitrogens is 3. The zero-order chi connectivity index (χ0) is 16.8. The number of ether oxygens (including phenoxy) is 1. The Morgan fingerprint density at radius 1 is 1.21 bits per heavy atom. The van der Waals surface area contributed by atoms with Gasteiger partial charge in [0.2, 0.25) is 11.8 Å². The zero-order valence-corrected chi connectivity index (χ0v) is 12.2. The highest BCUT2D eigenvalue weighted by Crippen LogP contribution is 2.40. The zero-order valence-electron chi connectivity index (χ0n) is 12.2. The number of nitrogens with zero attached hydrogens (tertiary/aromatic N) is 1. The first-order chi connectivity index (χ1) is 11.6. The van der Waals surface area contributed by atoms with Gasteiger partial charge in [0, 0.05) is 17.1 Å². The summed E-state index contributed by atoms with van der Waals surface area (Å²) in [5.41, 5.74) is 6.33. The number of rotatable bonds is 1. The highest BCUT2D eigenvalue weighted by atomic mass is 16.5. The van der Waals surface area contributed by atoms with E-state index >= 15 is 0 Å². The SMILES string of the molecule is N#CC1=C(N)Oc2[nH]c(=O)[nH]c(=O)c2C1c1c[nH]c2ccccc12. The molecule has 1 unspecified atom stereocenters. The molecular formula is C16H11N5O3. The molecule has 1 aliphatic heterocycles. The molecule has 8 nitrogen and oxygen atoms in total. The van der Waals surface area contributed by atoms with Crippen LogP contribution in [0, 0.1) is 11.3 Å². The van der Waals surface area contributed by atoms with Crippen molar-refractivity contribution in [3.05, 3.63) is 73.9 Å². The summed E-state index contributed by atoms with van der Waals surface area (Å²) in [6.45, 7) is 0. The molecule has 0 amide bonds. The first-order valence-corrected chi connectivity index (χ1v) is 7.10. The second-order valence-electron chi connectivity index (χ2n) is 5.37. The number of para-hydroxylation sites is 1. The Kier molecular flexibility index (Phi) is 2.83. The van der Waals surface area contributed by atoms with Crippen LogP contribution in [0.3, 0.4) is 0 Å². The smallest absolute Gasteiger partial charge is 0.328 e. The molecule has 0 saturated carbocycles. The maximum atomic E-state index is 12.4. The topological polar surface area (TPSA) is 141 Å². The van der Waals surface area contributed by atoms with Crippen molar-refractivity contribution in [2.24, 2.45) is 5.73 Å². The average Bonchev–Trinajstić information content (AvgIpc) is 2.97. The van der Waals surface area contributed by atoms with Gasteiger partial charge in [0.15, 0.2) is 0 Å². The van der Waals surface area contributed by atoms with E-state index in [0.717, 1.165) is 10.9 Å². The number of hydrogen-bond acceptors (Lipinski definition) is 5. The Hall–Kier alpha value is -3.73. The van der Waals surface area contributed by atoms with E-state index in [2.05, 4.69) is 15.0 Å². The van der Waals surface area contributed by atoms with Gasteiger partial charge in [0.25, 0.3) is 5.56 Å². The van der Waals surface area contributed by atoms with E-state index in [0.29, 0.717) is 5.56 Å². The lowest BCUT2D eigenvalue weighted by molar-refractivity contribution is 0.373. The van der Waals surface area contributed by atoms with Crippen LogP contribution >= 0.6 is 0 Å². The van der Waals surface area contributed by atoms with Gasteiger partial charge < -0.3 is 15.5 Å². The number of fused-ring (bicyclic) bond motifs is 2. The molecule has 3 heterocycles. The molecule has 118 valence electrons. The van der Waals surface area contributed by atoms with Crippen LogP contribution in [0.2, 0.25) is 0 Å². The van der Waals surface area contributed by atoms with E-state index in [1.54, 1.807) is 6.20 Å². The van der Waals surface area contributed by atoms with E-state index in [9.17, 15) is 14.9 Å². The molecule has 0 spiro atoms. The van der Waals surface area contributed by atoms with Crippen molar-refractivity contribution in [3.8, 4) is 11.9 Å². The highest BCUT2D eigenvalue weighted by molar-refractivity contribution is 5.85. The van der Waals surface area contributed by atoms with Crippen LogP contribution in [0.5, 0.6) is 5.88 Å². The second-order valence-corrected chi connectivity index (χ2v) is 5.37. The van der Waals surface area contributed by atoms with Crippen molar-refractivity contribution in [1.29, 1.82) is 5.26 Å². The monoisotopic (exact) mass is 321 g/mol. The van der Waals surface area contributed by atoms with Crippen molar-refractivity contribution < 1.29 is 4.74 Å². The summed E-state index contributed by atoms with van der Waals surface area (Å²) in [4.78, 5) is 31.6. The third-order valence-electron chi connectivity index (χ3n) is 4.05. The van der Waals surface area contributed by atoms with E-state index in [1.165, 1.54) is 0 Å². The quantitative estimate of drug-likeness (QED) is 0.524. The molecule has 0 fully saturated rings. The lowest BCUT2D eigenvalue weighted by Gasteiger charge is -2.24. The molecule has 24 heavy (non-hydrogen) atoms. The number of nitrogens with two attached hydrogens (primary N) is 1. The van der Waals surface area contributed by atoms with Gasteiger partial charge in [-0.3, -0.25) is 14.8 Å². The standard InChI is InChI=1S/C16H11N5O3/c17-5-8-11(9-6-19-10-4-2-1-3-7(9)10)12-14(22)20-16(23)21-15(12)24-13(8)18/h1-4,6,11,19H,18H2,(H2,20,21,22,23). The van der Waals surface area contributed by atoms with Crippen LogP contribution in [0.4, 0.5) is 0 Å². The summed E-state index contributed by atoms with van der Waals surface area (Å²) in [5, 5.41) is 10.4. The van der Waals surface area contributed by atoms with Gasteiger partial charge in [0.1, 0.15) is 11.6 Å². The molecule has 3 aromatic rings. The summed E-state index contributed by atoms with van der Waals surface area (Å²) >= 11 is 0. The van der Waals surface area contributed by atoms with Gasteiger partial charge in [-0.1, -0.05) is 18.2 Å². The van der Waals surface area contributed by atoms with Gasteiger partial charge in [-0.15, -0.1) is 0 Å². The van der Waals surface area contributed by atoms with Crippen LogP contribution in [0.1, 0.15) is 17.0 Å². The third kappa shape index (κ3) is 1.85. The highest BCUT2D eigenvalue weighted by Gasteiger charge is 2.35. The van der Waals surface area contributed by atoms with E-state index in [1.807, 2.05) is 30.3 Å². The number of nitriles is 1. The second kappa shape index (κ2) is 4.89. The fraction of sp³-hybridized carbons (Fsp3) is 0.0625. The van der Waals surface area contributed by atoms with E-state index < -0.39 is 17.2 Å². The molecule has 0 saturated heterocycles. The number of allylic oxidation sites excluding steroid dienone is 1. The molecular weight excluding hydrogens is 310 g/mol. The molecule has 0 bridgehead atoms. The number of nitrogens with one attached hydrogen (secondary N) is 3. The van der Waals surface area contributed by atoms with Crippen LogP contribution in [0.15, 0.2) is 51.5 Å². The molecule has 1 atom stereocenters. The maximum Gasteiger partial charge on any atom is 0.328 e. The first kappa shape index (κ1) is 13.9. The predicted octanol–water partition coefficient (Wildman–Crippen LogP) is 0.763. The van der Waals surface area contributed by atoms with Gasteiger partial charge in [-0.05, 0) is 11.6 Å². The Morgan fingerprint density at radius 2 is 2.00 bits per heavy atom. The normalized spacial score (nSPS) is 16.5. The van der Waals surface area contributed by atoms with Crippen LogP contribution in [-0.2, 0) is 0 Å². The summed E-state index contributed by atoms with van der Waals surface area (Å²) < 4.78 is 5.29. The summed E-state index contributed by atoms with van der Waals surface area (Å²) in [6.07, 6.45) is 1.72. The molecule has 2 aromatic heterocycles. The van der Waals surface area contributed by atoms with Gasteiger partial charge in [0.05, 0.1) is 11.5 Å². The summed E-state index contributed by atoms with van der Waals surface area (Å²) in [7, 11) is 0. The fourth-order valence-electron chi connectivity index (χ4n) is 3.03. The van der Waals surface area contributed by atoms with Crippen LogP contribution < -0.4 is 21.7 Å². The molecule has 5 N–H and O–H groups in total. The van der Waals surface area contributed by atoms with Crippen molar-refractivity contribution in [2.75, 3.05) is 0 Å². The Bertz CT molecular complexity index is 1160. The number of benzene rings is 1. The molecule has 0 radical (unpaired) electrons. The lowest BCUT2D eigenvalue weighted by atomic mass is 9.85. The Labute approximate surface area is 134 Å². The Balaban J connectivity index is 2.09. The fourth-order valence-corrected chi connectivity index (χ4v) is 3.03. The largest absolute Gasteiger partial charge is 0.424 e. The van der Waals surface area contributed by atoms with Crippen molar-refractivity contribution in [1.82, 2.24) is 15.0 Å². The first-order valence-electron chi connectivity index (χ1n) is 7.10. The van der Waals surface area contributed by atoms with Crippen molar-refractivity contribution in [3.63, 3.8) is 0 Å². The van der Waals surface area contributed by atoms with Gasteiger partial charge in [-0.2, -0.15) is 5.26 Å². The summed E-state index contributed by atoms with van der Waals surface area (Å²) in [5.74, 6) is -0.924. The van der Waals surface area contributed by atoms with Crippen LogP contribution in [-0.4, -0.2) is 15.0 Å². The Morgan fingerprint density at radius 3 is 2.79 bits per heavy atom. The molecule has 1 aromatic carbocycles. The molecule has 0 aliphatic carbocycles. The third-order valence-corrected chi connectivity index (χ3v) is 4.05. The van der Waals surface area contributed by atoms with E-state index in [4.69, 9.17) is 10.5 Å². The molecule has 4 rings (SSSR count). The summed E-state index contributed by atoms with van der Waals surface area (Å²) in [6, 6.07) is 9.50. The maximum absolute atomic E-state index is 12.4. The van der Waals surface area contributed by atoms with Gasteiger partial charge in [-0.25, -0.2) is 4.79 Å². The minimum Gasteiger partial charge on any atom is -0.424 e. The van der Waals surface area contributed by atoms with Crippen molar-refractivity contribution >= 4 is 10.9 Å². The van der Waals surface area contributed by atoms with Crippen LogP contribution in [0.25, 0.3) is 10.9 Å². The van der Waals surface area contributed by atoms with E-state index in [-0.39, 0.29) is 22.9 Å². The minimum atomic E-state index is -0.740. The molecule has 8 heteroatoms. The van der Waals surface area contributed by atoms with Gasteiger partial charge >= 0.3 is 5.69 Å². The number of hydrogen-bond donors (Lipinski definition) is 4. The van der Waals surface area contributed by atoms with Crippen molar-refractivity contribution in [2.45, 2.75) is 5.92 Å². The number of aromatic amines is 3.